The number of thioether (sulfide) groups is 1. The van der Waals surface area contributed by atoms with E-state index in [0.29, 0.717) is 17.1 Å². The van der Waals surface area contributed by atoms with Gasteiger partial charge in [0.05, 0.1) is 17.6 Å². The van der Waals surface area contributed by atoms with E-state index in [-0.39, 0.29) is 6.04 Å². The van der Waals surface area contributed by atoms with Crippen LogP contribution in [-0.4, -0.2) is 54.5 Å². The summed E-state index contributed by atoms with van der Waals surface area (Å²) in [4.78, 5) is 12.6. The molecule has 0 amide bonds. The molecule has 6 nitrogen and oxygen atoms in total. The molecule has 3 atom stereocenters. The lowest BCUT2D eigenvalue weighted by molar-refractivity contribution is -0.403. The molecule has 0 bridgehead atoms. The lowest BCUT2D eigenvalue weighted by atomic mass is 10.1. The highest BCUT2D eigenvalue weighted by Crippen LogP contribution is 2.20. The highest BCUT2D eigenvalue weighted by molar-refractivity contribution is 8.02. The smallest absolute Gasteiger partial charge is 0.263 e. The fourth-order valence-corrected chi connectivity index (χ4v) is 3.22. The molecule has 1 heterocycles. The van der Waals surface area contributed by atoms with Crippen molar-refractivity contribution >= 4 is 11.8 Å². The molecule has 1 aliphatic rings. The molecule has 22 heavy (non-hydrogen) atoms. The van der Waals surface area contributed by atoms with Gasteiger partial charge in [-0.2, -0.15) is 0 Å². The molecule has 1 aliphatic heterocycles. The van der Waals surface area contributed by atoms with Gasteiger partial charge in [-0.15, -0.1) is 11.8 Å². The van der Waals surface area contributed by atoms with Crippen molar-refractivity contribution in [3.05, 3.63) is 21.3 Å². The number of nitrogens with zero attached hydrogens (tertiary/aromatic N) is 2. The van der Waals surface area contributed by atoms with Crippen LogP contribution >= 0.6 is 11.8 Å². The predicted molar refractivity (Wildman–Crippen MR) is 91.4 cm³/mol. The summed E-state index contributed by atoms with van der Waals surface area (Å²) in [6.45, 7) is 10.3. The number of hydrogen-bond donors (Lipinski definition) is 1. The molecule has 1 fully saturated rings. The Morgan fingerprint density at radius 3 is 2.86 bits per heavy atom. The summed E-state index contributed by atoms with van der Waals surface area (Å²) in [6, 6.07) is 0.214. The second-order valence-corrected chi connectivity index (χ2v) is 6.80. The molecule has 7 heteroatoms. The van der Waals surface area contributed by atoms with Crippen LogP contribution in [0.2, 0.25) is 0 Å². The van der Waals surface area contributed by atoms with Gasteiger partial charge in [-0.05, 0) is 45.4 Å². The first-order chi connectivity index (χ1) is 10.4. The molecular weight excluding hydrogens is 302 g/mol. The summed E-state index contributed by atoms with van der Waals surface area (Å²) in [5.41, 5.74) is 0. The average molecular weight is 331 g/mol. The fourth-order valence-electron chi connectivity index (χ4n) is 2.71. The lowest BCUT2D eigenvalue weighted by Gasteiger charge is -2.25. The van der Waals surface area contributed by atoms with E-state index < -0.39 is 4.92 Å². The van der Waals surface area contributed by atoms with Crippen molar-refractivity contribution in [1.29, 1.82) is 0 Å². The zero-order valence-corrected chi connectivity index (χ0v) is 14.9. The van der Waals surface area contributed by atoms with Crippen molar-refractivity contribution in [2.75, 3.05) is 32.5 Å². The van der Waals surface area contributed by atoms with Gasteiger partial charge in [0.25, 0.3) is 6.20 Å². The maximum absolute atomic E-state index is 10.5. The number of ether oxygens (including phenoxy) is 1. The third kappa shape index (κ3) is 7.47. The number of hydrogen-bond acceptors (Lipinski definition) is 6. The van der Waals surface area contributed by atoms with Crippen LogP contribution in [0.3, 0.4) is 0 Å². The van der Waals surface area contributed by atoms with Gasteiger partial charge in [0.1, 0.15) is 5.03 Å². The minimum Gasteiger partial charge on any atom is -0.378 e. The molecule has 0 spiro atoms. The van der Waals surface area contributed by atoms with E-state index in [9.17, 15) is 10.1 Å². The highest BCUT2D eigenvalue weighted by Gasteiger charge is 2.23. The Hall–Kier alpha value is -0.790. The number of nitrogens with one attached hydrogen (secondary N) is 1. The van der Waals surface area contributed by atoms with E-state index in [1.54, 1.807) is 0 Å². The quantitative estimate of drug-likeness (QED) is 0.490. The average Bonchev–Trinajstić information content (AvgIpc) is 2.87. The number of rotatable bonds is 10. The Bertz CT molecular complexity index is 379. The monoisotopic (exact) mass is 331 g/mol. The minimum atomic E-state index is -0.412. The molecule has 0 aliphatic carbocycles. The molecule has 128 valence electrons. The van der Waals surface area contributed by atoms with Crippen molar-refractivity contribution in [3.8, 4) is 0 Å². The third-order valence-electron chi connectivity index (χ3n) is 3.95. The van der Waals surface area contributed by atoms with Crippen molar-refractivity contribution in [2.45, 2.75) is 45.8 Å². The summed E-state index contributed by atoms with van der Waals surface area (Å²) in [5, 5.41) is 14.4. The third-order valence-corrected chi connectivity index (χ3v) is 4.62. The maximum atomic E-state index is 10.5. The van der Waals surface area contributed by atoms with Crippen LogP contribution in [0.4, 0.5) is 0 Å². The van der Waals surface area contributed by atoms with Crippen molar-refractivity contribution in [2.24, 2.45) is 5.92 Å². The van der Waals surface area contributed by atoms with Crippen molar-refractivity contribution < 1.29 is 9.66 Å². The predicted octanol–water partition coefficient (Wildman–Crippen LogP) is 2.54. The van der Waals surface area contributed by atoms with Crippen LogP contribution < -0.4 is 5.32 Å². The van der Waals surface area contributed by atoms with Crippen LogP contribution in [0.25, 0.3) is 0 Å². The van der Waals surface area contributed by atoms with E-state index in [2.05, 4.69) is 31.0 Å². The minimum absolute atomic E-state index is 0.214. The largest absolute Gasteiger partial charge is 0.378 e. The molecule has 3 unspecified atom stereocenters. The van der Waals surface area contributed by atoms with Gasteiger partial charge in [-0.1, -0.05) is 6.92 Å². The lowest BCUT2D eigenvalue weighted by Crippen LogP contribution is -2.35. The SMILES string of the molecule is CCN(CCC(C)NC(=C[N+](=O)[O-])SC)CC1COC(C)C1. The molecule has 0 saturated carbocycles. The molecule has 0 aromatic carbocycles. The molecule has 0 aromatic heterocycles. The summed E-state index contributed by atoms with van der Waals surface area (Å²) < 4.78 is 5.63. The van der Waals surface area contributed by atoms with Crippen molar-refractivity contribution in [3.63, 3.8) is 0 Å². The molecule has 1 rings (SSSR count). The highest BCUT2D eigenvalue weighted by atomic mass is 32.2. The number of nitro groups is 1. The molecule has 0 aromatic rings. The normalized spacial score (nSPS) is 23.8. The maximum Gasteiger partial charge on any atom is 0.263 e. The van der Waals surface area contributed by atoms with E-state index in [4.69, 9.17) is 4.74 Å². The van der Waals surface area contributed by atoms with E-state index in [0.717, 1.165) is 45.3 Å². The van der Waals surface area contributed by atoms with Gasteiger partial charge in [-0.25, -0.2) is 0 Å². The van der Waals surface area contributed by atoms with Gasteiger partial charge in [0.2, 0.25) is 0 Å². The zero-order valence-electron chi connectivity index (χ0n) is 14.1. The first-order valence-electron chi connectivity index (χ1n) is 7.94. The van der Waals surface area contributed by atoms with Crippen LogP contribution in [0.5, 0.6) is 0 Å². The Labute approximate surface area is 137 Å². The summed E-state index contributed by atoms with van der Waals surface area (Å²) in [7, 11) is 0. The van der Waals surface area contributed by atoms with Crippen LogP contribution in [0, 0.1) is 16.0 Å². The second kappa shape index (κ2) is 10.1. The Balaban J connectivity index is 2.33. The summed E-state index contributed by atoms with van der Waals surface area (Å²) in [5.74, 6) is 0.634. The molecular formula is C15H29N3O3S. The topological polar surface area (TPSA) is 67.6 Å². The summed E-state index contributed by atoms with van der Waals surface area (Å²) >= 11 is 1.37. The van der Waals surface area contributed by atoms with Crippen molar-refractivity contribution in [1.82, 2.24) is 10.2 Å². The van der Waals surface area contributed by atoms with Gasteiger partial charge in [-0.3, -0.25) is 10.1 Å². The standard InChI is InChI=1S/C15H29N3O3S/c1-5-17(9-14-8-13(3)21-11-14)7-6-12(2)16-15(22-4)10-18(19)20/h10,12-14,16H,5-9,11H2,1-4H3. The van der Waals surface area contributed by atoms with Gasteiger partial charge >= 0.3 is 0 Å². The molecule has 1 N–H and O–H groups in total. The van der Waals surface area contributed by atoms with Crippen LogP contribution in [0.15, 0.2) is 11.2 Å². The Morgan fingerprint density at radius 1 is 1.64 bits per heavy atom. The van der Waals surface area contributed by atoms with Gasteiger partial charge < -0.3 is 15.0 Å². The first kappa shape index (κ1) is 19.3. The zero-order chi connectivity index (χ0) is 16.5. The molecule has 1 saturated heterocycles. The van der Waals surface area contributed by atoms with Crippen LogP contribution in [-0.2, 0) is 4.74 Å². The van der Waals surface area contributed by atoms with E-state index >= 15 is 0 Å². The first-order valence-corrected chi connectivity index (χ1v) is 9.16. The van der Waals surface area contributed by atoms with Crippen LogP contribution in [0.1, 0.15) is 33.6 Å². The van der Waals surface area contributed by atoms with E-state index in [1.807, 2.05) is 6.26 Å². The second-order valence-electron chi connectivity index (χ2n) is 5.96. The van der Waals surface area contributed by atoms with E-state index in [1.165, 1.54) is 11.8 Å². The van der Waals surface area contributed by atoms with Gasteiger partial charge in [0, 0.05) is 19.1 Å². The van der Waals surface area contributed by atoms with Gasteiger partial charge in [0.15, 0.2) is 0 Å². The molecule has 0 radical (unpaired) electrons. The summed E-state index contributed by atoms with van der Waals surface area (Å²) in [6.07, 6.45) is 5.38. The Kier molecular flexibility index (Phi) is 8.82. The Morgan fingerprint density at radius 2 is 2.36 bits per heavy atom. The fraction of sp³-hybridized carbons (Fsp3) is 0.867.